The molecule has 140 valence electrons. The lowest BCUT2D eigenvalue weighted by Crippen LogP contribution is -2.01. The molecule has 0 aliphatic rings. The molecule has 2 aromatic carbocycles. The largest absolute Gasteiger partial charge is 0.497 e. The summed E-state index contributed by atoms with van der Waals surface area (Å²) in [4.78, 5) is 4.34. The number of ether oxygens (including phenoxy) is 1. The number of thiazole rings is 1. The number of nitriles is 1. The molecule has 9 heteroatoms. The first-order chi connectivity index (χ1) is 13.6. The third kappa shape index (κ3) is 4.75. The number of methoxy groups -OCH3 is 1. The lowest BCUT2D eigenvalue weighted by Gasteiger charge is -1.99. The van der Waals surface area contributed by atoms with Crippen LogP contribution in [-0.4, -0.2) is 17.8 Å². The van der Waals surface area contributed by atoms with Crippen LogP contribution in [0.1, 0.15) is 10.7 Å². The molecular weight excluding hydrogens is 379 g/mol. The monoisotopic (exact) mass is 394 g/mol. The molecule has 0 radical (unpaired) electrons. The zero-order valence-electron chi connectivity index (χ0n) is 15.0. The second kappa shape index (κ2) is 8.83. The second-order valence-electron chi connectivity index (χ2n) is 5.50. The van der Waals surface area contributed by atoms with E-state index in [0.717, 1.165) is 5.75 Å². The molecule has 0 aliphatic carbocycles. The number of benzene rings is 2. The molecule has 3 aromatic rings. The summed E-state index contributed by atoms with van der Waals surface area (Å²) in [5.41, 5.74) is 4.69. The summed E-state index contributed by atoms with van der Waals surface area (Å²) in [6.07, 6.45) is 0. The van der Waals surface area contributed by atoms with Gasteiger partial charge in [0.05, 0.1) is 24.2 Å². The van der Waals surface area contributed by atoms with Crippen molar-refractivity contribution in [2.75, 3.05) is 12.5 Å². The molecule has 0 saturated heterocycles. The van der Waals surface area contributed by atoms with E-state index in [0.29, 0.717) is 27.1 Å². The van der Waals surface area contributed by atoms with Gasteiger partial charge in [0.2, 0.25) is 0 Å². The lowest BCUT2D eigenvalue weighted by molar-refractivity contribution is 0.415. The molecule has 0 spiro atoms. The molecule has 0 atom stereocenters. The van der Waals surface area contributed by atoms with Crippen molar-refractivity contribution >= 4 is 33.4 Å². The average Bonchev–Trinajstić information content (AvgIpc) is 3.09. The minimum absolute atomic E-state index is 0.100. The van der Waals surface area contributed by atoms with E-state index in [1.807, 2.05) is 6.07 Å². The number of anilines is 1. The summed E-state index contributed by atoms with van der Waals surface area (Å²) in [6, 6.07) is 14.8. The molecule has 28 heavy (non-hydrogen) atoms. The highest BCUT2D eigenvalue weighted by Gasteiger charge is 2.13. The van der Waals surface area contributed by atoms with Crippen LogP contribution in [0.5, 0.6) is 5.75 Å². The minimum Gasteiger partial charge on any atom is -0.497 e. The molecule has 0 saturated carbocycles. The average molecular weight is 394 g/mol. The van der Waals surface area contributed by atoms with Gasteiger partial charge in [-0.2, -0.15) is 10.4 Å². The van der Waals surface area contributed by atoms with Crippen LogP contribution in [0.25, 0.3) is 0 Å². The van der Waals surface area contributed by atoms with Crippen molar-refractivity contribution in [2.24, 2.45) is 15.3 Å². The van der Waals surface area contributed by atoms with Crippen LogP contribution in [0.2, 0.25) is 0 Å². The summed E-state index contributed by atoms with van der Waals surface area (Å²) >= 11 is 1.21. The van der Waals surface area contributed by atoms with Crippen molar-refractivity contribution in [3.05, 3.63) is 65.0 Å². The molecular formula is C19H15FN6OS. The lowest BCUT2D eigenvalue weighted by atomic mass is 10.3. The Kier molecular flexibility index (Phi) is 6.04. The highest BCUT2D eigenvalue weighted by Crippen LogP contribution is 2.30. The molecule has 0 aliphatic heterocycles. The van der Waals surface area contributed by atoms with Gasteiger partial charge in [0.25, 0.3) is 0 Å². The van der Waals surface area contributed by atoms with Crippen LogP contribution >= 0.6 is 11.3 Å². The smallest absolute Gasteiger partial charge is 0.196 e. The fourth-order valence-corrected chi connectivity index (χ4v) is 2.93. The van der Waals surface area contributed by atoms with Gasteiger partial charge in [-0.3, -0.25) is 5.43 Å². The molecule has 1 N–H and O–H groups in total. The van der Waals surface area contributed by atoms with E-state index < -0.39 is 0 Å². The SMILES string of the molecule is COc1ccc(N=Nc2sc(/C(C#N)=N/Nc3ccc(F)cc3)nc2C)cc1. The van der Waals surface area contributed by atoms with E-state index in [-0.39, 0.29) is 11.5 Å². The summed E-state index contributed by atoms with van der Waals surface area (Å²) < 4.78 is 18.1. The Labute approximate surface area is 164 Å². The Bertz CT molecular complexity index is 1050. The van der Waals surface area contributed by atoms with E-state index >= 15 is 0 Å². The normalized spacial score (nSPS) is 11.4. The van der Waals surface area contributed by atoms with Gasteiger partial charge in [0.1, 0.15) is 17.6 Å². The number of halogens is 1. The molecule has 1 heterocycles. The van der Waals surface area contributed by atoms with E-state index in [1.165, 1.54) is 35.6 Å². The summed E-state index contributed by atoms with van der Waals surface area (Å²) in [5, 5.41) is 22.8. The maximum atomic E-state index is 12.9. The number of aryl methyl sites for hydroxylation is 1. The fourth-order valence-electron chi connectivity index (χ4n) is 2.10. The number of hydrogen-bond acceptors (Lipinski definition) is 8. The van der Waals surface area contributed by atoms with E-state index in [4.69, 9.17) is 4.74 Å². The second-order valence-corrected chi connectivity index (χ2v) is 6.48. The molecule has 0 fully saturated rings. The van der Waals surface area contributed by atoms with Crippen molar-refractivity contribution in [1.82, 2.24) is 4.98 Å². The molecule has 3 rings (SSSR count). The Morgan fingerprint density at radius 2 is 1.86 bits per heavy atom. The van der Waals surface area contributed by atoms with Crippen LogP contribution in [0.15, 0.2) is 63.9 Å². The zero-order chi connectivity index (χ0) is 19.9. The Balaban J connectivity index is 1.77. The van der Waals surface area contributed by atoms with Gasteiger partial charge in [0, 0.05) is 0 Å². The van der Waals surface area contributed by atoms with Crippen LogP contribution in [-0.2, 0) is 0 Å². The maximum absolute atomic E-state index is 12.9. The van der Waals surface area contributed by atoms with Crippen LogP contribution in [0, 0.1) is 24.1 Å². The number of rotatable bonds is 6. The molecule has 0 amide bonds. The molecule has 0 unspecified atom stereocenters. The first-order valence-electron chi connectivity index (χ1n) is 8.12. The third-order valence-electron chi connectivity index (χ3n) is 3.55. The van der Waals surface area contributed by atoms with Crippen LogP contribution < -0.4 is 10.2 Å². The third-order valence-corrected chi connectivity index (χ3v) is 4.60. The van der Waals surface area contributed by atoms with Gasteiger partial charge in [-0.15, -0.1) is 10.2 Å². The zero-order valence-corrected chi connectivity index (χ0v) is 15.9. The number of hydrogen-bond donors (Lipinski definition) is 1. The van der Waals surface area contributed by atoms with Crippen molar-refractivity contribution in [2.45, 2.75) is 6.92 Å². The first-order valence-corrected chi connectivity index (χ1v) is 8.93. The van der Waals surface area contributed by atoms with Crippen LogP contribution in [0.4, 0.5) is 20.8 Å². The quantitative estimate of drug-likeness (QED) is 0.346. The van der Waals surface area contributed by atoms with Gasteiger partial charge in [-0.25, -0.2) is 9.37 Å². The molecule has 7 nitrogen and oxygen atoms in total. The first kappa shape index (κ1) is 19.1. The van der Waals surface area contributed by atoms with Gasteiger partial charge in [0.15, 0.2) is 15.7 Å². The van der Waals surface area contributed by atoms with E-state index in [2.05, 4.69) is 25.7 Å². The van der Waals surface area contributed by atoms with Crippen LogP contribution in [0.3, 0.4) is 0 Å². The summed E-state index contributed by atoms with van der Waals surface area (Å²) in [6.45, 7) is 1.78. The van der Waals surface area contributed by atoms with Gasteiger partial charge >= 0.3 is 0 Å². The number of nitrogens with one attached hydrogen (secondary N) is 1. The summed E-state index contributed by atoms with van der Waals surface area (Å²) in [7, 11) is 1.60. The predicted octanol–water partition coefficient (Wildman–Crippen LogP) is 5.35. The number of aromatic nitrogens is 1. The van der Waals surface area contributed by atoms with Crippen molar-refractivity contribution in [3.8, 4) is 11.8 Å². The van der Waals surface area contributed by atoms with Gasteiger partial charge in [-0.05, 0) is 55.5 Å². The topological polar surface area (TPSA) is 95.0 Å². The van der Waals surface area contributed by atoms with Gasteiger partial charge in [-0.1, -0.05) is 11.3 Å². The Hall–Kier alpha value is -3.64. The highest BCUT2D eigenvalue weighted by molar-refractivity contribution is 7.17. The van der Waals surface area contributed by atoms with Crippen molar-refractivity contribution in [1.29, 1.82) is 5.26 Å². The number of nitrogens with zero attached hydrogens (tertiary/aromatic N) is 5. The molecule has 1 aromatic heterocycles. The van der Waals surface area contributed by atoms with E-state index in [1.54, 1.807) is 38.3 Å². The van der Waals surface area contributed by atoms with Crippen molar-refractivity contribution < 1.29 is 9.13 Å². The number of azo groups is 1. The van der Waals surface area contributed by atoms with Gasteiger partial charge < -0.3 is 4.74 Å². The molecule has 0 bridgehead atoms. The Morgan fingerprint density at radius 1 is 1.14 bits per heavy atom. The minimum atomic E-state index is -0.350. The predicted molar refractivity (Wildman–Crippen MR) is 106 cm³/mol. The standard InChI is InChI=1S/C19H15FN6OS/c1-12-18(26-24-15-7-9-16(27-2)10-8-15)28-19(22-12)17(11-21)25-23-14-5-3-13(20)4-6-14/h3-10,23H,1-2H3/b25-17+,26-24?. The fraction of sp³-hybridized carbons (Fsp3) is 0.105. The summed E-state index contributed by atoms with van der Waals surface area (Å²) in [5.74, 6) is 0.385. The van der Waals surface area contributed by atoms with E-state index in [9.17, 15) is 9.65 Å². The number of hydrazone groups is 1. The maximum Gasteiger partial charge on any atom is 0.196 e. The highest BCUT2D eigenvalue weighted by atomic mass is 32.1. The van der Waals surface area contributed by atoms with Crippen molar-refractivity contribution in [3.63, 3.8) is 0 Å². The Morgan fingerprint density at radius 3 is 2.50 bits per heavy atom.